The first-order valence-corrected chi connectivity index (χ1v) is 17.0. The first kappa shape index (κ1) is 27.2. The van der Waals surface area contributed by atoms with E-state index in [-0.39, 0.29) is 0 Å². The van der Waals surface area contributed by atoms with Crippen molar-refractivity contribution in [1.29, 1.82) is 0 Å². The van der Waals surface area contributed by atoms with Gasteiger partial charge in [0.15, 0.2) is 11.5 Å². The molecule has 0 radical (unpaired) electrons. The number of aromatic nitrogens is 4. The highest BCUT2D eigenvalue weighted by atomic mass is 15.1. The molecule has 0 bridgehead atoms. The van der Waals surface area contributed by atoms with Gasteiger partial charge in [-0.2, -0.15) is 0 Å². The molecule has 0 unspecified atom stereocenters. The molecule has 11 aromatic rings. The van der Waals surface area contributed by atoms with Crippen LogP contribution in [0.2, 0.25) is 0 Å². The Morgan fingerprint density at radius 1 is 0.420 bits per heavy atom. The second-order valence-corrected chi connectivity index (χ2v) is 13.0. The highest BCUT2D eigenvalue weighted by molar-refractivity contribution is 6.23. The summed E-state index contributed by atoms with van der Waals surface area (Å²) in [5, 5.41) is 10.8. The predicted molar refractivity (Wildman–Crippen MR) is 209 cm³/mol. The van der Waals surface area contributed by atoms with E-state index in [4.69, 9.17) is 9.97 Å². The van der Waals surface area contributed by atoms with Gasteiger partial charge in [-0.25, -0.2) is 9.97 Å². The minimum atomic E-state index is 0.801. The second kappa shape index (κ2) is 10.4. The van der Waals surface area contributed by atoms with Gasteiger partial charge in [-0.1, -0.05) is 133 Å². The second-order valence-electron chi connectivity index (χ2n) is 13.0. The molecule has 0 aliphatic carbocycles. The monoisotopic (exact) mass is 636 g/mol. The molecule has 0 saturated carbocycles. The summed E-state index contributed by atoms with van der Waals surface area (Å²) in [4.78, 5) is 10.7. The van der Waals surface area contributed by atoms with E-state index in [1.807, 2.05) is 6.20 Å². The van der Waals surface area contributed by atoms with E-state index >= 15 is 0 Å². The normalized spacial score (nSPS) is 12.0. The minimum absolute atomic E-state index is 0.801. The molecular formula is C46H28N4. The van der Waals surface area contributed by atoms with Crippen LogP contribution in [0, 0.1) is 0 Å². The lowest BCUT2D eigenvalue weighted by Gasteiger charge is -2.14. The van der Waals surface area contributed by atoms with Crippen LogP contribution in [-0.4, -0.2) is 19.1 Å². The molecule has 0 spiro atoms. The van der Waals surface area contributed by atoms with Crippen LogP contribution in [0.1, 0.15) is 0 Å². The topological polar surface area (TPSA) is 35.6 Å². The van der Waals surface area contributed by atoms with E-state index < -0.39 is 0 Å². The fraction of sp³-hybridized carbons (Fsp3) is 0. The van der Waals surface area contributed by atoms with Gasteiger partial charge < -0.3 is 0 Å². The molecule has 0 fully saturated rings. The summed E-state index contributed by atoms with van der Waals surface area (Å²) in [6.45, 7) is 0. The van der Waals surface area contributed by atoms with Gasteiger partial charge in [0, 0.05) is 21.5 Å². The molecule has 0 N–H and O–H groups in total. The van der Waals surface area contributed by atoms with Crippen molar-refractivity contribution in [2.45, 2.75) is 0 Å². The molecular weight excluding hydrogens is 609 g/mol. The SMILES string of the molecule is c1ccc(-c2ccc(-n3c4ccccc4c4nc(-n5c6cc7ccccc7cc6c6c7ccccc7ccc65)cnc43)c3ccccc23)cc1. The average molecular weight is 637 g/mol. The molecule has 4 nitrogen and oxygen atoms in total. The molecule has 8 aromatic carbocycles. The van der Waals surface area contributed by atoms with Crippen LogP contribution in [0.4, 0.5) is 0 Å². The van der Waals surface area contributed by atoms with Gasteiger partial charge in [-0.05, 0) is 68.4 Å². The van der Waals surface area contributed by atoms with Crippen LogP contribution in [0.25, 0.3) is 98.8 Å². The van der Waals surface area contributed by atoms with E-state index in [1.54, 1.807) is 0 Å². The van der Waals surface area contributed by atoms with E-state index in [0.29, 0.717) is 0 Å². The Morgan fingerprint density at radius 2 is 1.10 bits per heavy atom. The van der Waals surface area contributed by atoms with E-state index in [0.717, 1.165) is 44.6 Å². The lowest BCUT2D eigenvalue weighted by Crippen LogP contribution is -2.01. The number of rotatable bonds is 3. The molecule has 3 heterocycles. The fourth-order valence-electron chi connectivity index (χ4n) is 8.12. The third kappa shape index (κ3) is 3.81. The highest BCUT2D eigenvalue weighted by Gasteiger charge is 2.21. The fourth-order valence-corrected chi connectivity index (χ4v) is 8.12. The molecule has 0 saturated heterocycles. The maximum atomic E-state index is 5.48. The van der Waals surface area contributed by atoms with Crippen molar-refractivity contribution < 1.29 is 0 Å². The van der Waals surface area contributed by atoms with Crippen molar-refractivity contribution in [2.75, 3.05) is 0 Å². The molecule has 232 valence electrons. The Kier molecular flexibility index (Phi) is 5.63. The maximum absolute atomic E-state index is 5.48. The molecule has 50 heavy (non-hydrogen) atoms. The summed E-state index contributed by atoms with van der Waals surface area (Å²) in [5.74, 6) is 0.801. The number of nitrogens with zero attached hydrogens (tertiary/aromatic N) is 4. The smallest absolute Gasteiger partial charge is 0.164 e. The molecule has 4 heteroatoms. The largest absolute Gasteiger partial charge is 0.292 e. The zero-order valence-electron chi connectivity index (χ0n) is 27.0. The van der Waals surface area contributed by atoms with Crippen LogP contribution < -0.4 is 0 Å². The summed E-state index contributed by atoms with van der Waals surface area (Å²) < 4.78 is 4.58. The van der Waals surface area contributed by atoms with Gasteiger partial charge in [0.05, 0.1) is 28.4 Å². The van der Waals surface area contributed by atoms with Crippen molar-refractivity contribution in [2.24, 2.45) is 0 Å². The standard InChI is InChI=1S/C46H28N4/c1-2-12-29(13-3-1)33-23-25-40(36-19-9-8-18-35(33)36)50-39-21-11-10-20-37(39)45-46(50)47-28-43(48-45)49-41-24-22-30-14-6-7-17-34(30)44(41)38-26-31-15-4-5-16-32(31)27-42(38)49/h1-28H. The number of benzene rings is 8. The Labute approximate surface area is 287 Å². The number of para-hydroxylation sites is 1. The summed E-state index contributed by atoms with van der Waals surface area (Å²) in [5.41, 5.74) is 8.54. The molecule has 0 amide bonds. The van der Waals surface area contributed by atoms with Crippen LogP contribution in [-0.2, 0) is 0 Å². The van der Waals surface area contributed by atoms with Crippen LogP contribution in [0.3, 0.4) is 0 Å². The third-order valence-electron chi connectivity index (χ3n) is 10.3. The third-order valence-corrected chi connectivity index (χ3v) is 10.3. The van der Waals surface area contributed by atoms with Crippen molar-refractivity contribution in [3.63, 3.8) is 0 Å². The van der Waals surface area contributed by atoms with Crippen molar-refractivity contribution in [3.05, 3.63) is 170 Å². The van der Waals surface area contributed by atoms with Crippen molar-refractivity contribution >= 4 is 76.2 Å². The minimum Gasteiger partial charge on any atom is -0.292 e. The lowest BCUT2D eigenvalue weighted by atomic mass is 9.97. The van der Waals surface area contributed by atoms with Crippen molar-refractivity contribution in [3.8, 4) is 22.6 Å². The molecule has 0 aliphatic heterocycles. The Hall–Kier alpha value is -6.78. The Bertz CT molecular complexity index is 3150. The number of hydrogen-bond acceptors (Lipinski definition) is 2. The van der Waals surface area contributed by atoms with Gasteiger partial charge in [0.2, 0.25) is 0 Å². The van der Waals surface area contributed by atoms with Crippen molar-refractivity contribution in [1.82, 2.24) is 19.1 Å². The summed E-state index contributed by atoms with van der Waals surface area (Å²) in [7, 11) is 0. The average Bonchev–Trinajstić information content (AvgIpc) is 3.69. The summed E-state index contributed by atoms with van der Waals surface area (Å²) in [6.07, 6.45) is 1.95. The van der Waals surface area contributed by atoms with Crippen LogP contribution in [0.5, 0.6) is 0 Å². The number of fused-ring (bicyclic) bond motifs is 10. The van der Waals surface area contributed by atoms with Gasteiger partial charge in [0.1, 0.15) is 5.52 Å². The first-order chi connectivity index (χ1) is 24.8. The van der Waals surface area contributed by atoms with E-state index in [2.05, 4.69) is 173 Å². The van der Waals surface area contributed by atoms with Crippen LogP contribution in [0.15, 0.2) is 170 Å². The lowest BCUT2D eigenvalue weighted by molar-refractivity contribution is 1.06. The Morgan fingerprint density at radius 3 is 1.94 bits per heavy atom. The van der Waals surface area contributed by atoms with Crippen LogP contribution >= 0.6 is 0 Å². The highest BCUT2D eigenvalue weighted by Crippen LogP contribution is 2.40. The molecule has 0 aliphatic rings. The van der Waals surface area contributed by atoms with Gasteiger partial charge >= 0.3 is 0 Å². The van der Waals surface area contributed by atoms with E-state index in [1.165, 1.54) is 54.2 Å². The van der Waals surface area contributed by atoms with Gasteiger partial charge in [-0.3, -0.25) is 9.13 Å². The predicted octanol–water partition coefficient (Wildman–Crippen LogP) is 11.8. The molecule has 3 aromatic heterocycles. The molecule has 0 atom stereocenters. The maximum Gasteiger partial charge on any atom is 0.164 e. The summed E-state index contributed by atoms with van der Waals surface area (Å²) in [6, 6.07) is 58.6. The number of hydrogen-bond donors (Lipinski definition) is 0. The quantitative estimate of drug-likeness (QED) is 0.193. The van der Waals surface area contributed by atoms with Gasteiger partial charge in [-0.15, -0.1) is 0 Å². The summed E-state index contributed by atoms with van der Waals surface area (Å²) >= 11 is 0. The zero-order valence-corrected chi connectivity index (χ0v) is 27.0. The first-order valence-electron chi connectivity index (χ1n) is 17.0. The molecule has 11 rings (SSSR count). The zero-order chi connectivity index (χ0) is 32.8. The van der Waals surface area contributed by atoms with E-state index in [9.17, 15) is 0 Å². The van der Waals surface area contributed by atoms with Gasteiger partial charge in [0.25, 0.3) is 0 Å². The Balaban J connectivity index is 1.21.